The smallest absolute Gasteiger partial charge is 0.407 e. The molecule has 2 aromatic rings. The van der Waals surface area contributed by atoms with Gasteiger partial charge in [0.2, 0.25) is 0 Å². The maximum absolute atomic E-state index is 12.0. The molecule has 0 aliphatic heterocycles. The molecule has 0 fully saturated rings. The summed E-state index contributed by atoms with van der Waals surface area (Å²) >= 11 is 0. The Kier molecular flexibility index (Phi) is 6.26. The second-order valence-electron chi connectivity index (χ2n) is 5.66. The van der Waals surface area contributed by atoms with Gasteiger partial charge in [0.1, 0.15) is 6.61 Å². The van der Waals surface area contributed by atoms with E-state index in [0.29, 0.717) is 11.1 Å². The summed E-state index contributed by atoms with van der Waals surface area (Å²) in [6, 6.07) is 12.4. The van der Waals surface area contributed by atoms with E-state index in [-0.39, 0.29) is 12.3 Å². The van der Waals surface area contributed by atoms with Gasteiger partial charge < -0.3 is 15.2 Å². The highest BCUT2D eigenvalue weighted by Crippen LogP contribution is 2.25. The molecular formula is C18H18N2O6. The second-order valence-corrected chi connectivity index (χ2v) is 5.66. The summed E-state index contributed by atoms with van der Waals surface area (Å²) in [5, 5.41) is 22.6. The van der Waals surface area contributed by atoms with Crippen LogP contribution in [0, 0.1) is 17.0 Å². The number of carbonyl (C=O) groups is 2. The average Bonchev–Trinajstić information content (AvgIpc) is 2.60. The molecule has 0 radical (unpaired) electrons. The van der Waals surface area contributed by atoms with Crippen LogP contribution in [0.3, 0.4) is 0 Å². The number of nitro benzene ring substituents is 1. The Morgan fingerprint density at radius 2 is 1.92 bits per heavy atom. The topological polar surface area (TPSA) is 119 Å². The number of hydrogen-bond acceptors (Lipinski definition) is 5. The zero-order valence-corrected chi connectivity index (χ0v) is 14.0. The van der Waals surface area contributed by atoms with Crippen LogP contribution in [0.1, 0.15) is 29.2 Å². The van der Waals surface area contributed by atoms with Crippen molar-refractivity contribution in [3.8, 4) is 0 Å². The van der Waals surface area contributed by atoms with E-state index in [4.69, 9.17) is 9.84 Å². The molecule has 8 heteroatoms. The third-order valence-electron chi connectivity index (χ3n) is 3.72. The van der Waals surface area contributed by atoms with Gasteiger partial charge in [-0.2, -0.15) is 0 Å². The maximum Gasteiger partial charge on any atom is 0.407 e. The van der Waals surface area contributed by atoms with Crippen molar-refractivity contribution in [2.75, 3.05) is 0 Å². The number of aryl methyl sites for hydroxylation is 1. The van der Waals surface area contributed by atoms with E-state index in [0.717, 1.165) is 5.56 Å². The largest absolute Gasteiger partial charge is 0.481 e. The van der Waals surface area contributed by atoms with Crippen molar-refractivity contribution in [2.24, 2.45) is 0 Å². The van der Waals surface area contributed by atoms with Crippen molar-refractivity contribution >= 4 is 17.7 Å². The molecule has 0 heterocycles. The van der Waals surface area contributed by atoms with Crippen LogP contribution < -0.4 is 5.32 Å². The number of alkyl carbamates (subject to hydrolysis) is 1. The molecule has 1 amide bonds. The highest BCUT2D eigenvalue weighted by Gasteiger charge is 2.22. The molecule has 26 heavy (non-hydrogen) atoms. The van der Waals surface area contributed by atoms with Crippen molar-refractivity contribution in [2.45, 2.75) is 26.0 Å². The van der Waals surface area contributed by atoms with E-state index >= 15 is 0 Å². The van der Waals surface area contributed by atoms with Gasteiger partial charge in [0.25, 0.3) is 5.69 Å². The van der Waals surface area contributed by atoms with Gasteiger partial charge in [-0.1, -0.05) is 42.5 Å². The van der Waals surface area contributed by atoms with Crippen LogP contribution in [-0.2, 0) is 16.1 Å². The van der Waals surface area contributed by atoms with Crippen molar-refractivity contribution in [1.29, 1.82) is 0 Å². The third-order valence-corrected chi connectivity index (χ3v) is 3.72. The predicted molar refractivity (Wildman–Crippen MR) is 92.6 cm³/mol. The molecule has 2 rings (SSSR count). The lowest BCUT2D eigenvalue weighted by atomic mass is 10.0. The maximum atomic E-state index is 12.0. The van der Waals surface area contributed by atoms with Gasteiger partial charge in [0.15, 0.2) is 0 Å². The van der Waals surface area contributed by atoms with E-state index in [1.54, 1.807) is 37.3 Å². The Labute approximate surface area is 149 Å². The minimum absolute atomic E-state index is 0.0283. The Morgan fingerprint density at radius 1 is 1.23 bits per heavy atom. The van der Waals surface area contributed by atoms with Gasteiger partial charge in [-0.15, -0.1) is 0 Å². The monoisotopic (exact) mass is 358 g/mol. The number of aliphatic carboxylic acids is 1. The molecule has 136 valence electrons. The highest BCUT2D eigenvalue weighted by molar-refractivity contribution is 5.72. The summed E-state index contributed by atoms with van der Waals surface area (Å²) in [6.07, 6.45) is -1.23. The van der Waals surface area contributed by atoms with Crippen molar-refractivity contribution in [3.63, 3.8) is 0 Å². The molecular weight excluding hydrogens is 340 g/mol. The lowest BCUT2D eigenvalue weighted by Crippen LogP contribution is -2.30. The van der Waals surface area contributed by atoms with Crippen molar-refractivity contribution in [3.05, 3.63) is 75.3 Å². The summed E-state index contributed by atoms with van der Waals surface area (Å²) in [4.78, 5) is 33.6. The van der Waals surface area contributed by atoms with E-state index < -0.39 is 29.4 Å². The fraction of sp³-hybridized carbons (Fsp3) is 0.222. The minimum atomic E-state index is -1.15. The van der Waals surface area contributed by atoms with Gasteiger partial charge >= 0.3 is 12.1 Å². The first kappa shape index (κ1) is 18.9. The number of nitrogens with one attached hydrogen (secondary N) is 1. The summed E-state index contributed by atoms with van der Waals surface area (Å²) in [7, 11) is 0. The SMILES string of the molecule is Cc1ccc(C(CC(=O)O)NC(=O)OCc2ccccc2)cc1[N+](=O)[O-]. The number of nitrogens with zero attached hydrogens (tertiary/aromatic N) is 1. The number of carboxylic acids is 1. The Hall–Kier alpha value is -3.42. The minimum Gasteiger partial charge on any atom is -0.481 e. The number of amides is 1. The highest BCUT2D eigenvalue weighted by atomic mass is 16.6. The van der Waals surface area contributed by atoms with Gasteiger partial charge in [0, 0.05) is 11.6 Å². The fourth-order valence-electron chi connectivity index (χ4n) is 2.37. The van der Waals surface area contributed by atoms with Crippen LogP contribution in [0.4, 0.5) is 10.5 Å². The zero-order chi connectivity index (χ0) is 19.1. The van der Waals surface area contributed by atoms with Crippen LogP contribution in [0.15, 0.2) is 48.5 Å². The molecule has 0 spiro atoms. The number of carboxylic acid groups (broad SMARTS) is 1. The molecule has 0 aliphatic rings. The molecule has 0 saturated carbocycles. The first-order valence-electron chi connectivity index (χ1n) is 7.80. The Bertz CT molecular complexity index is 807. The van der Waals surface area contributed by atoms with E-state index in [9.17, 15) is 19.7 Å². The number of rotatable bonds is 7. The van der Waals surface area contributed by atoms with Gasteiger partial charge in [0.05, 0.1) is 17.4 Å². The summed E-state index contributed by atoms with van der Waals surface area (Å²) in [5.41, 5.74) is 1.40. The summed E-state index contributed by atoms with van der Waals surface area (Å²) in [5.74, 6) is -1.15. The second kappa shape index (κ2) is 8.61. The van der Waals surface area contributed by atoms with Gasteiger partial charge in [-0.05, 0) is 18.1 Å². The number of hydrogen-bond donors (Lipinski definition) is 2. The number of nitro groups is 1. The molecule has 1 atom stereocenters. The zero-order valence-electron chi connectivity index (χ0n) is 14.0. The quantitative estimate of drug-likeness (QED) is 0.579. The summed E-state index contributed by atoms with van der Waals surface area (Å²) < 4.78 is 5.09. The van der Waals surface area contributed by atoms with Crippen molar-refractivity contribution < 1.29 is 24.4 Å². The molecule has 1 unspecified atom stereocenters. The normalized spacial score (nSPS) is 11.4. The molecule has 0 aromatic heterocycles. The van der Waals surface area contributed by atoms with Crippen molar-refractivity contribution in [1.82, 2.24) is 5.32 Å². The standard InChI is InChI=1S/C18H18N2O6/c1-12-7-8-14(9-16(12)20(24)25)15(10-17(21)22)19-18(23)26-11-13-5-3-2-4-6-13/h2-9,15H,10-11H2,1H3,(H,19,23)(H,21,22). The first-order chi connectivity index (χ1) is 12.4. The van der Waals surface area contributed by atoms with Crippen LogP contribution in [0.2, 0.25) is 0 Å². The van der Waals surface area contributed by atoms with Crippen LogP contribution >= 0.6 is 0 Å². The van der Waals surface area contributed by atoms with E-state index in [1.165, 1.54) is 12.1 Å². The molecule has 0 saturated heterocycles. The van der Waals surface area contributed by atoms with Crippen LogP contribution in [0.5, 0.6) is 0 Å². The lowest BCUT2D eigenvalue weighted by Gasteiger charge is -2.17. The van der Waals surface area contributed by atoms with E-state index in [1.807, 2.05) is 6.07 Å². The number of benzene rings is 2. The van der Waals surface area contributed by atoms with Crippen LogP contribution in [-0.4, -0.2) is 22.1 Å². The average molecular weight is 358 g/mol. The number of carbonyl (C=O) groups excluding carboxylic acids is 1. The Morgan fingerprint density at radius 3 is 2.54 bits per heavy atom. The molecule has 0 aliphatic carbocycles. The first-order valence-corrected chi connectivity index (χ1v) is 7.80. The molecule has 8 nitrogen and oxygen atoms in total. The molecule has 2 N–H and O–H groups in total. The number of ether oxygens (including phenoxy) is 1. The lowest BCUT2D eigenvalue weighted by molar-refractivity contribution is -0.385. The molecule has 2 aromatic carbocycles. The fourth-order valence-corrected chi connectivity index (χ4v) is 2.37. The van der Waals surface area contributed by atoms with Gasteiger partial charge in [-0.25, -0.2) is 4.79 Å². The van der Waals surface area contributed by atoms with Crippen LogP contribution in [0.25, 0.3) is 0 Å². The summed E-state index contributed by atoms with van der Waals surface area (Å²) in [6.45, 7) is 1.61. The molecule has 0 bridgehead atoms. The Balaban J connectivity index is 2.12. The third kappa shape index (κ3) is 5.30. The predicted octanol–water partition coefficient (Wildman–Crippen LogP) is 3.35. The van der Waals surface area contributed by atoms with Gasteiger partial charge in [-0.3, -0.25) is 14.9 Å². The van der Waals surface area contributed by atoms with E-state index in [2.05, 4.69) is 5.32 Å².